The Bertz CT molecular complexity index is 2640. The molecule has 0 fully saturated rings. The van der Waals surface area contributed by atoms with Crippen molar-refractivity contribution in [3.05, 3.63) is 214 Å². The average Bonchev–Trinajstić information content (AvgIpc) is 3.55. The number of benzene rings is 7. The van der Waals surface area contributed by atoms with Crippen LogP contribution in [0.5, 0.6) is 0 Å². The van der Waals surface area contributed by atoms with Crippen molar-refractivity contribution in [2.24, 2.45) is 16.8 Å². The van der Waals surface area contributed by atoms with Gasteiger partial charge in [-0.05, 0) is 117 Å². The molecule has 4 atom stereocenters. The Hall–Kier alpha value is -5.95. The van der Waals surface area contributed by atoms with Crippen LogP contribution in [0.3, 0.4) is 0 Å². The van der Waals surface area contributed by atoms with Crippen LogP contribution < -0.4 is 0 Å². The molecule has 0 saturated carbocycles. The molecule has 0 saturated heterocycles. The molecule has 0 N–H and O–H groups in total. The standard InChI is InChI=1S/C54H44N2S/c1-3-42-43(39-28-26-38(27-29-39)37-24-22-36(34-55)23-25-37)31-21-35(2)52(56-53(42)40-13-5-4-6-14-40)41-30-32-45-44-15-7-8-16-46(44)54(49(45)33-41)47-17-9-11-19-50(47)57-51-20-12-10-18-48(51)54/h4-20,22-30,32-33,35,42-43,52H,3,21,31H2,1-2H3. The van der Waals surface area contributed by atoms with Gasteiger partial charge in [0.2, 0.25) is 0 Å². The number of fused-ring (bicyclic) bond motifs is 9. The highest BCUT2D eigenvalue weighted by molar-refractivity contribution is 7.99. The Morgan fingerprint density at radius 1 is 0.596 bits per heavy atom. The van der Waals surface area contributed by atoms with E-state index >= 15 is 0 Å². The van der Waals surface area contributed by atoms with Crippen molar-refractivity contribution in [1.29, 1.82) is 5.26 Å². The Kier molecular flexibility index (Phi) is 9.04. The molecular weight excluding hydrogens is 709 g/mol. The molecule has 2 nitrogen and oxygen atoms in total. The van der Waals surface area contributed by atoms with Gasteiger partial charge in [0.1, 0.15) is 0 Å². The van der Waals surface area contributed by atoms with Crippen LogP contribution in [0.15, 0.2) is 185 Å². The van der Waals surface area contributed by atoms with Gasteiger partial charge in [0.05, 0.1) is 23.1 Å². The largest absolute Gasteiger partial charge is 0.280 e. The molecule has 2 heterocycles. The third kappa shape index (κ3) is 5.81. The lowest BCUT2D eigenvalue weighted by Gasteiger charge is -2.40. The molecular formula is C54H44N2S. The molecule has 0 radical (unpaired) electrons. The highest BCUT2D eigenvalue weighted by Gasteiger charge is 2.50. The van der Waals surface area contributed by atoms with Crippen molar-refractivity contribution in [1.82, 2.24) is 0 Å². The van der Waals surface area contributed by atoms with Crippen LogP contribution >= 0.6 is 11.8 Å². The molecule has 7 aromatic rings. The molecule has 10 rings (SSSR count). The zero-order valence-corrected chi connectivity index (χ0v) is 33.2. The van der Waals surface area contributed by atoms with E-state index in [0.717, 1.165) is 24.8 Å². The fourth-order valence-corrected chi connectivity index (χ4v) is 11.5. The maximum atomic E-state index is 9.30. The molecule has 3 aliphatic rings. The topological polar surface area (TPSA) is 36.1 Å². The van der Waals surface area contributed by atoms with Crippen LogP contribution in [0, 0.1) is 23.2 Å². The van der Waals surface area contributed by atoms with E-state index in [1.165, 1.54) is 71.1 Å². The Morgan fingerprint density at radius 3 is 1.84 bits per heavy atom. The summed E-state index contributed by atoms with van der Waals surface area (Å²) in [6, 6.07) is 64.9. The van der Waals surface area contributed by atoms with Crippen LogP contribution in [0.1, 0.15) is 89.6 Å². The van der Waals surface area contributed by atoms with E-state index in [-0.39, 0.29) is 12.0 Å². The van der Waals surface area contributed by atoms with Crippen molar-refractivity contribution >= 4 is 17.5 Å². The van der Waals surface area contributed by atoms with Crippen molar-refractivity contribution < 1.29 is 0 Å². The number of nitrogens with zero attached hydrogens (tertiary/aromatic N) is 2. The van der Waals surface area contributed by atoms with Gasteiger partial charge >= 0.3 is 0 Å². The summed E-state index contributed by atoms with van der Waals surface area (Å²) in [6.07, 6.45) is 3.18. The minimum atomic E-state index is -0.405. The van der Waals surface area contributed by atoms with Gasteiger partial charge in [-0.3, -0.25) is 4.99 Å². The lowest BCUT2D eigenvalue weighted by atomic mass is 9.67. The van der Waals surface area contributed by atoms with E-state index in [1.807, 2.05) is 36.0 Å². The highest BCUT2D eigenvalue weighted by atomic mass is 32.2. The number of nitriles is 1. The number of hydrogen-bond acceptors (Lipinski definition) is 3. The van der Waals surface area contributed by atoms with E-state index in [1.54, 1.807) is 0 Å². The SMILES string of the molecule is CCC1C(c2ccccc2)=NC(c2ccc3c(c2)C2(c4ccccc4Sc4ccccc42)c2ccccc2-3)C(C)CCC1c1ccc(-c2ccc(C#N)cc2)cc1. The first-order valence-corrected chi connectivity index (χ1v) is 21.2. The van der Waals surface area contributed by atoms with Crippen LogP contribution in [0.25, 0.3) is 22.3 Å². The number of aliphatic imine (C=N–C) groups is 1. The molecule has 0 amide bonds. The summed E-state index contributed by atoms with van der Waals surface area (Å²) < 4.78 is 0. The first-order chi connectivity index (χ1) is 28.1. The minimum absolute atomic E-state index is 0.0171. The summed E-state index contributed by atoms with van der Waals surface area (Å²) in [6.45, 7) is 4.77. The third-order valence-electron chi connectivity index (χ3n) is 13.0. The lowest BCUT2D eigenvalue weighted by molar-refractivity contribution is 0.362. The molecule has 3 heteroatoms. The minimum Gasteiger partial charge on any atom is -0.280 e. The highest BCUT2D eigenvalue weighted by Crippen LogP contribution is 2.62. The lowest BCUT2D eigenvalue weighted by Crippen LogP contribution is -2.32. The average molecular weight is 753 g/mol. The summed E-state index contributed by atoms with van der Waals surface area (Å²) in [5, 5.41) is 9.30. The third-order valence-corrected chi connectivity index (χ3v) is 14.1. The fourth-order valence-electron chi connectivity index (χ4n) is 10.3. The van der Waals surface area contributed by atoms with Gasteiger partial charge in [-0.1, -0.05) is 171 Å². The normalized spacial score (nSPS) is 20.2. The number of hydrogen-bond donors (Lipinski definition) is 0. The molecule has 1 spiro atoms. The van der Waals surface area contributed by atoms with E-state index < -0.39 is 5.41 Å². The quantitative estimate of drug-likeness (QED) is 0.175. The van der Waals surface area contributed by atoms with E-state index in [0.29, 0.717) is 17.4 Å². The van der Waals surface area contributed by atoms with Gasteiger partial charge in [-0.25, -0.2) is 0 Å². The Labute approximate surface area is 341 Å². The van der Waals surface area contributed by atoms with Crippen LogP contribution in [0.4, 0.5) is 0 Å². The molecule has 57 heavy (non-hydrogen) atoms. The maximum Gasteiger partial charge on any atom is 0.0991 e. The van der Waals surface area contributed by atoms with Gasteiger partial charge in [-0.2, -0.15) is 5.26 Å². The van der Waals surface area contributed by atoms with Gasteiger partial charge in [0.25, 0.3) is 0 Å². The van der Waals surface area contributed by atoms with E-state index in [9.17, 15) is 5.26 Å². The molecule has 4 unspecified atom stereocenters. The maximum absolute atomic E-state index is 9.30. The molecule has 7 aromatic carbocycles. The molecule has 0 bridgehead atoms. The Morgan fingerprint density at radius 2 is 1.18 bits per heavy atom. The summed E-state index contributed by atoms with van der Waals surface area (Å²) in [7, 11) is 0. The van der Waals surface area contributed by atoms with Crippen molar-refractivity contribution in [3.63, 3.8) is 0 Å². The molecule has 276 valence electrons. The second-order valence-corrected chi connectivity index (χ2v) is 17.1. The zero-order chi connectivity index (χ0) is 38.5. The van der Waals surface area contributed by atoms with Crippen molar-refractivity contribution in [2.45, 2.75) is 60.3 Å². The second-order valence-electron chi connectivity index (χ2n) is 16.0. The Balaban J connectivity index is 1.11. The first kappa shape index (κ1) is 35.5. The zero-order valence-electron chi connectivity index (χ0n) is 32.4. The van der Waals surface area contributed by atoms with E-state index in [4.69, 9.17) is 4.99 Å². The van der Waals surface area contributed by atoms with Crippen LogP contribution in [0.2, 0.25) is 0 Å². The first-order valence-electron chi connectivity index (χ1n) is 20.4. The van der Waals surface area contributed by atoms with Crippen LogP contribution in [-0.2, 0) is 5.41 Å². The van der Waals surface area contributed by atoms with Gasteiger partial charge in [0, 0.05) is 21.4 Å². The van der Waals surface area contributed by atoms with Crippen molar-refractivity contribution in [2.75, 3.05) is 0 Å². The smallest absolute Gasteiger partial charge is 0.0991 e. The summed E-state index contributed by atoms with van der Waals surface area (Å²) in [4.78, 5) is 8.61. The molecule has 0 aromatic heterocycles. The van der Waals surface area contributed by atoms with E-state index in [2.05, 4.69) is 166 Å². The second kappa shape index (κ2) is 14.5. The summed E-state index contributed by atoms with van der Waals surface area (Å²) in [5.74, 6) is 0.946. The predicted molar refractivity (Wildman–Crippen MR) is 235 cm³/mol. The van der Waals surface area contributed by atoms with Gasteiger partial charge in [0.15, 0.2) is 0 Å². The van der Waals surface area contributed by atoms with Crippen LogP contribution in [-0.4, -0.2) is 5.71 Å². The summed E-state index contributed by atoms with van der Waals surface area (Å²) in [5.41, 5.74) is 15.8. The van der Waals surface area contributed by atoms with Crippen molar-refractivity contribution in [3.8, 4) is 28.3 Å². The van der Waals surface area contributed by atoms with Gasteiger partial charge < -0.3 is 0 Å². The molecule has 2 aliphatic heterocycles. The summed E-state index contributed by atoms with van der Waals surface area (Å²) >= 11 is 1.90. The van der Waals surface area contributed by atoms with Gasteiger partial charge in [-0.15, -0.1) is 0 Å². The predicted octanol–water partition coefficient (Wildman–Crippen LogP) is 13.8. The fraction of sp³-hybridized carbons (Fsp3) is 0.185. The number of rotatable bonds is 5. The molecule has 1 aliphatic carbocycles. The monoisotopic (exact) mass is 752 g/mol.